The average molecular weight is 431 g/mol. The summed E-state index contributed by atoms with van der Waals surface area (Å²) in [7, 11) is -4.22. The molecule has 0 fully saturated rings. The van der Waals surface area contributed by atoms with Crippen LogP contribution in [0.1, 0.15) is 11.1 Å². The fourth-order valence-electron chi connectivity index (χ4n) is 3.10. The van der Waals surface area contributed by atoms with Gasteiger partial charge >= 0.3 is 6.03 Å². The fraction of sp³-hybridized carbons (Fsp3) is 0.100. The molecular weight excluding hydrogens is 412 g/mol. The molecule has 0 radical (unpaired) electrons. The summed E-state index contributed by atoms with van der Waals surface area (Å²) < 4.78 is 25.2. The van der Waals surface area contributed by atoms with E-state index in [1.54, 1.807) is 61.8 Å². The van der Waals surface area contributed by atoms with Gasteiger partial charge in [-0.1, -0.05) is 41.9 Å². The number of sulfonamides is 1. The molecule has 1 aromatic heterocycles. The summed E-state index contributed by atoms with van der Waals surface area (Å²) in [6.45, 7) is 1.81. The smallest absolute Gasteiger partial charge is 0.319 e. The molecule has 0 bridgehead atoms. The van der Waals surface area contributed by atoms with Crippen molar-refractivity contribution in [1.82, 2.24) is 4.98 Å². The molecule has 0 atom stereocenters. The molecule has 0 saturated heterocycles. The summed E-state index contributed by atoms with van der Waals surface area (Å²) in [6, 6.07) is 12.5. The number of nitrogens with zero attached hydrogens (tertiary/aromatic N) is 2. The third kappa shape index (κ3) is 4.40. The quantitative estimate of drug-likeness (QED) is 0.644. The number of nitrogens with two attached hydrogens (primary N) is 2. The Labute approximate surface area is 174 Å². The number of aromatic nitrogens is 1. The summed E-state index contributed by atoms with van der Waals surface area (Å²) in [5.41, 5.74) is 7.96. The van der Waals surface area contributed by atoms with Gasteiger partial charge in [0.2, 0.25) is 10.0 Å². The van der Waals surface area contributed by atoms with Gasteiger partial charge in [-0.25, -0.2) is 18.4 Å². The van der Waals surface area contributed by atoms with Crippen molar-refractivity contribution in [2.75, 3.05) is 4.90 Å². The first-order chi connectivity index (χ1) is 13.7. The summed E-state index contributed by atoms with van der Waals surface area (Å²) in [5, 5.41) is 6.05. The molecule has 7 nitrogen and oxygen atoms in total. The number of primary sulfonamides is 1. The Morgan fingerprint density at radius 2 is 1.79 bits per heavy atom. The van der Waals surface area contributed by atoms with Gasteiger partial charge in [-0.15, -0.1) is 0 Å². The van der Waals surface area contributed by atoms with E-state index in [2.05, 4.69) is 4.98 Å². The van der Waals surface area contributed by atoms with Crippen LogP contribution in [0.3, 0.4) is 0 Å². The maximum Gasteiger partial charge on any atom is 0.319 e. The molecule has 1 heterocycles. The van der Waals surface area contributed by atoms with Crippen molar-refractivity contribution in [3.63, 3.8) is 0 Å². The first-order valence-electron chi connectivity index (χ1n) is 8.57. The van der Waals surface area contributed by atoms with Crippen molar-refractivity contribution >= 4 is 33.3 Å². The van der Waals surface area contributed by atoms with E-state index in [-0.39, 0.29) is 17.1 Å². The van der Waals surface area contributed by atoms with Gasteiger partial charge in [0, 0.05) is 23.0 Å². The van der Waals surface area contributed by atoms with Crippen LogP contribution in [0.2, 0.25) is 5.02 Å². The Hall–Kier alpha value is -2.94. The molecule has 0 saturated carbocycles. The third-order valence-electron chi connectivity index (χ3n) is 4.46. The minimum atomic E-state index is -4.22. The van der Waals surface area contributed by atoms with Gasteiger partial charge in [0.15, 0.2) is 0 Å². The molecule has 9 heteroatoms. The van der Waals surface area contributed by atoms with E-state index in [0.717, 1.165) is 4.90 Å². The molecule has 2 aromatic carbocycles. The number of pyridine rings is 1. The average Bonchev–Trinajstić information content (AvgIpc) is 2.67. The molecule has 0 spiro atoms. The highest BCUT2D eigenvalue weighted by Crippen LogP contribution is 2.38. The Kier molecular flexibility index (Phi) is 5.88. The molecule has 29 heavy (non-hydrogen) atoms. The number of halogens is 1. The zero-order chi connectivity index (χ0) is 21.2. The molecule has 150 valence electrons. The predicted molar refractivity (Wildman–Crippen MR) is 113 cm³/mol. The van der Waals surface area contributed by atoms with E-state index in [4.69, 9.17) is 22.5 Å². The molecular formula is C20H19ClN4O3S. The van der Waals surface area contributed by atoms with E-state index >= 15 is 0 Å². The monoisotopic (exact) mass is 430 g/mol. The Balaban J connectivity index is 2.26. The summed E-state index contributed by atoms with van der Waals surface area (Å²) in [5.74, 6) is 0. The van der Waals surface area contributed by atoms with Crippen LogP contribution in [0.25, 0.3) is 11.1 Å². The van der Waals surface area contributed by atoms with Crippen molar-refractivity contribution in [1.29, 1.82) is 0 Å². The topological polar surface area (TPSA) is 119 Å². The highest BCUT2D eigenvalue weighted by Gasteiger charge is 2.26. The van der Waals surface area contributed by atoms with Gasteiger partial charge < -0.3 is 5.73 Å². The lowest BCUT2D eigenvalue weighted by Gasteiger charge is -2.24. The van der Waals surface area contributed by atoms with Crippen LogP contribution in [-0.4, -0.2) is 19.4 Å². The van der Waals surface area contributed by atoms with Gasteiger partial charge in [-0.3, -0.25) is 9.88 Å². The molecule has 2 amide bonds. The zero-order valence-electron chi connectivity index (χ0n) is 15.5. The van der Waals surface area contributed by atoms with Crippen LogP contribution in [0.15, 0.2) is 65.8 Å². The number of amides is 2. The standard InChI is InChI=1S/C20H19ClN4O3S/c1-13-15(6-2-8-17(13)21)16-7-3-9-18(19(16)29(23,27)28)25(20(22)26)12-14-5-4-10-24-11-14/h2-11H,12H2,1H3,(H2,22,26)(H2,23,27,28). The fourth-order valence-corrected chi connectivity index (χ4v) is 4.23. The maximum atomic E-state index is 12.6. The number of rotatable bonds is 5. The van der Waals surface area contributed by atoms with Gasteiger partial charge in [-0.05, 0) is 41.8 Å². The first-order valence-corrected chi connectivity index (χ1v) is 10.5. The highest BCUT2D eigenvalue weighted by molar-refractivity contribution is 7.89. The van der Waals surface area contributed by atoms with E-state index in [0.29, 0.717) is 27.3 Å². The Morgan fingerprint density at radius 1 is 1.10 bits per heavy atom. The predicted octanol–water partition coefficient (Wildman–Crippen LogP) is 3.44. The van der Waals surface area contributed by atoms with Crippen LogP contribution >= 0.6 is 11.6 Å². The molecule has 0 aliphatic heterocycles. The molecule has 4 N–H and O–H groups in total. The molecule has 0 unspecified atom stereocenters. The Morgan fingerprint density at radius 3 is 2.41 bits per heavy atom. The number of primary amides is 1. The van der Waals surface area contributed by atoms with Gasteiger partial charge in [-0.2, -0.15) is 0 Å². The largest absolute Gasteiger partial charge is 0.351 e. The summed E-state index contributed by atoms with van der Waals surface area (Å²) in [4.78, 5) is 17.2. The minimum absolute atomic E-state index is 0.0314. The molecule has 3 aromatic rings. The van der Waals surface area contributed by atoms with Crippen LogP contribution < -0.4 is 15.8 Å². The SMILES string of the molecule is Cc1c(Cl)cccc1-c1cccc(N(Cc2cccnc2)C(N)=O)c1S(N)(=O)=O. The van der Waals surface area contributed by atoms with Crippen molar-refractivity contribution in [2.45, 2.75) is 18.4 Å². The van der Waals surface area contributed by atoms with Crippen LogP contribution in [-0.2, 0) is 16.6 Å². The van der Waals surface area contributed by atoms with E-state index in [1.807, 2.05) is 0 Å². The van der Waals surface area contributed by atoms with Gasteiger partial charge in [0.1, 0.15) is 4.90 Å². The lowest BCUT2D eigenvalue weighted by Crippen LogP contribution is -2.36. The summed E-state index contributed by atoms with van der Waals surface area (Å²) in [6.07, 6.45) is 3.16. The minimum Gasteiger partial charge on any atom is -0.351 e. The number of benzene rings is 2. The number of hydrogen-bond donors (Lipinski definition) is 2. The van der Waals surface area contributed by atoms with Crippen molar-refractivity contribution in [2.24, 2.45) is 10.9 Å². The van der Waals surface area contributed by atoms with Crippen molar-refractivity contribution in [3.8, 4) is 11.1 Å². The molecule has 0 aliphatic rings. The maximum absolute atomic E-state index is 12.6. The zero-order valence-corrected chi connectivity index (χ0v) is 17.1. The van der Waals surface area contributed by atoms with Crippen LogP contribution in [0.4, 0.5) is 10.5 Å². The Bertz CT molecular complexity index is 1170. The first kappa shape index (κ1) is 20.8. The second-order valence-corrected chi connectivity index (χ2v) is 8.30. The number of urea groups is 1. The van der Waals surface area contributed by atoms with Crippen LogP contribution in [0.5, 0.6) is 0 Å². The number of hydrogen-bond acceptors (Lipinski definition) is 4. The lowest BCUT2D eigenvalue weighted by molar-refractivity contribution is 0.253. The number of carbonyl (C=O) groups excluding carboxylic acids is 1. The molecule has 0 aliphatic carbocycles. The highest BCUT2D eigenvalue weighted by atomic mass is 35.5. The van der Waals surface area contributed by atoms with Crippen molar-refractivity contribution in [3.05, 3.63) is 77.1 Å². The van der Waals surface area contributed by atoms with Crippen LogP contribution in [0, 0.1) is 6.92 Å². The van der Waals surface area contributed by atoms with E-state index in [1.165, 1.54) is 6.07 Å². The van der Waals surface area contributed by atoms with Gasteiger partial charge in [0.25, 0.3) is 0 Å². The number of anilines is 1. The molecule has 3 rings (SSSR count). The van der Waals surface area contributed by atoms with E-state index < -0.39 is 16.1 Å². The van der Waals surface area contributed by atoms with Crippen molar-refractivity contribution < 1.29 is 13.2 Å². The third-order valence-corrected chi connectivity index (χ3v) is 5.86. The second-order valence-electron chi connectivity index (χ2n) is 6.40. The second kappa shape index (κ2) is 8.20. The van der Waals surface area contributed by atoms with E-state index in [9.17, 15) is 13.2 Å². The lowest BCUT2D eigenvalue weighted by atomic mass is 9.99. The van der Waals surface area contributed by atoms with Gasteiger partial charge in [0.05, 0.1) is 12.2 Å². The number of carbonyl (C=O) groups is 1. The summed E-state index contributed by atoms with van der Waals surface area (Å²) >= 11 is 6.22. The normalized spacial score (nSPS) is 11.3.